The molecule has 0 fully saturated rings. The van der Waals surface area contributed by atoms with Crippen molar-refractivity contribution in [2.75, 3.05) is 5.33 Å². The van der Waals surface area contributed by atoms with Gasteiger partial charge in [0, 0.05) is 0 Å². The summed E-state index contributed by atoms with van der Waals surface area (Å²) in [5.41, 5.74) is 0. The van der Waals surface area contributed by atoms with E-state index >= 15 is 0 Å². The van der Waals surface area contributed by atoms with E-state index in [9.17, 15) is 9.59 Å². The highest BCUT2D eigenvalue weighted by Crippen LogP contribution is 1.89. The average Bonchev–Trinajstić information content (AvgIpc) is 1.85. The smallest absolute Gasteiger partial charge is 0.405 e. The van der Waals surface area contributed by atoms with E-state index in [2.05, 4.69) is 15.9 Å². The number of alkyl halides is 1. The highest BCUT2D eigenvalue weighted by Gasteiger charge is 2.12. The second-order valence-corrected chi connectivity index (χ2v) is 2.33. The Kier molecular flexibility index (Phi) is 4.02. The maximum Gasteiger partial charge on any atom is 0.405 e. The van der Waals surface area contributed by atoms with Crippen LogP contribution in [0.25, 0.3) is 0 Å². The summed E-state index contributed by atoms with van der Waals surface area (Å²) < 4.78 is 0. The van der Waals surface area contributed by atoms with Crippen molar-refractivity contribution in [1.82, 2.24) is 5.32 Å². The third-order valence-electron chi connectivity index (χ3n) is 0.955. The Morgan fingerprint density at radius 1 is 1.70 bits per heavy atom. The molecule has 0 aromatic heterocycles. The molecule has 0 aliphatic rings. The lowest BCUT2D eigenvalue weighted by Gasteiger charge is -2.06. The predicted octanol–water partition coefficient (Wildman–Crippen LogP) is 0.606. The third-order valence-corrected chi connectivity index (χ3v) is 1.51. The molecule has 0 aliphatic carbocycles. The van der Waals surface area contributed by atoms with E-state index in [1.165, 1.54) is 6.92 Å². The molecule has 58 valence electrons. The predicted molar refractivity (Wildman–Crippen MR) is 39.4 cm³/mol. The Balaban J connectivity index is 3.72. The van der Waals surface area contributed by atoms with E-state index < -0.39 is 12.1 Å². The van der Waals surface area contributed by atoms with Crippen LogP contribution < -0.4 is 5.32 Å². The quantitative estimate of drug-likeness (QED) is 0.670. The summed E-state index contributed by atoms with van der Waals surface area (Å²) in [7, 11) is 0. The summed E-state index contributed by atoms with van der Waals surface area (Å²) in [5.74, 6) is -0.178. The molecule has 0 bridgehead atoms. The van der Waals surface area contributed by atoms with E-state index in [0.717, 1.165) is 0 Å². The standard InChI is InChI=1S/C5H8BrNO3/c1-3(4(8)2-6)7-5(9)10/h3,7H,2H2,1H3,(H,9,10). The number of rotatable bonds is 3. The topological polar surface area (TPSA) is 66.4 Å². The first kappa shape index (κ1) is 9.42. The first-order valence-corrected chi connectivity index (χ1v) is 3.78. The number of carboxylic acid groups (broad SMARTS) is 1. The molecule has 1 amide bonds. The lowest BCUT2D eigenvalue weighted by atomic mass is 10.2. The lowest BCUT2D eigenvalue weighted by Crippen LogP contribution is -2.38. The van der Waals surface area contributed by atoms with Crippen LogP contribution in [-0.4, -0.2) is 28.4 Å². The molecule has 1 unspecified atom stereocenters. The molecule has 0 rings (SSSR count). The van der Waals surface area contributed by atoms with Crippen molar-refractivity contribution in [3.8, 4) is 0 Å². The number of carbonyl (C=O) groups is 2. The Morgan fingerprint density at radius 2 is 2.20 bits per heavy atom. The number of carbonyl (C=O) groups excluding carboxylic acids is 1. The van der Waals surface area contributed by atoms with Gasteiger partial charge in [0.25, 0.3) is 0 Å². The first-order chi connectivity index (χ1) is 4.57. The van der Waals surface area contributed by atoms with Crippen molar-refractivity contribution in [3.05, 3.63) is 0 Å². The molecule has 10 heavy (non-hydrogen) atoms. The van der Waals surface area contributed by atoms with Crippen LogP contribution in [0.2, 0.25) is 0 Å². The van der Waals surface area contributed by atoms with Crippen LogP contribution in [0, 0.1) is 0 Å². The van der Waals surface area contributed by atoms with Crippen LogP contribution in [0.15, 0.2) is 0 Å². The second kappa shape index (κ2) is 4.27. The number of halogens is 1. The van der Waals surface area contributed by atoms with Gasteiger partial charge in [0.05, 0.1) is 11.4 Å². The minimum Gasteiger partial charge on any atom is -0.465 e. The summed E-state index contributed by atoms with van der Waals surface area (Å²) >= 11 is 2.92. The van der Waals surface area contributed by atoms with Crippen LogP contribution in [-0.2, 0) is 4.79 Å². The number of amides is 1. The minimum absolute atomic E-state index is 0.175. The molecule has 4 nitrogen and oxygen atoms in total. The Labute approximate surface area is 66.7 Å². The largest absolute Gasteiger partial charge is 0.465 e. The van der Waals surface area contributed by atoms with Crippen molar-refractivity contribution in [3.63, 3.8) is 0 Å². The van der Waals surface area contributed by atoms with Crippen LogP contribution in [0.3, 0.4) is 0 Å². The van der Waals surface area contributed by atoms with Crippen LogP contribution in [0.4, 0.5) is 4.79 Å². The fourth-order valence-corrected chi connectivity index (χ4v) is 0.867. The number of ketones is 1. The number of nitrogens with one attached hydrogen (secondary N) is 1. The highest BCUT2D eigenvalue weighted by atomic mass is 79.9. The van der Waals surface area contributed by atoms with E-state index in [1.807, 2.05) is 5.32 Å². The van der Waals surface area contributed by atoms with Gasteiger partial charge in [-0.3, -0.25) is 4.79 Å². The van der Waals surface area contributed by atoms with Crippen molar-refractivity contribution in [2.45, 2.75) is 13.0 Å². The molecule has 5 heteroatoms. The fraction of sp³-hybridized carbons (Fsp3) is 0.600. The maximum atomic E-state index is 10.7. The van der Waals surface area contributed by atoms with Crippen molar-refractivity contribution >= 4 is 27.8 Å². The zero-order valence-corrected chi connectivity index (χ0v) is 7.01. The Morgan fingerprint density at radius 3 is 2.50 bits per heavy atom. The monoisotopic (exact) mass is 209 g/mol. The summed E-state index contributed by atoms with van der Waals surface area (Å²) in [6.07, 6.45) is -1.18. The van der Waals surface area contributed by atoms with Gasteiger partial charge < -0.3 is 10.4 Å². The van der Waals surface area contributed by atoms with E-state index in [4.69, 9.17) is 5.11 Å². The molecule has 0 spiro atoms. The van der Waals surface area contributed by atoms with E-state index in [-0.39, 0.29) is 11.1 Å². The maximum absolute atomic E-state index is 10.7. The summed E-state index contributed by atoms with van der Waals surface area (Å²) in [6, 6.07) is -0.628. The number of Topliss-reactive ketones (excluding diaryl/α,β-unsaturated/α-hetero) is 1. The van der Waals surface area contributed by atoms with Crippen LogP contribution in [0.5, 0.6) is 0 Å². The lowest BCUT2D eigenvalue weighted by molar-refractivity contribution is -0.117. The zero-order chi connectivity index (χ0) is 8.15. The normalized spacial score (nSPS) is 12.2. The van der Waals surface area contributed by atoms with Gasteiger partial charge in [0.15, 0.2) is 5.78 Å². The third kappa shape index (κ3) is 3.45. The van der Waals surface area contributed by atoms with Gasteiger partial charge in [-0.15, -0.1) is 0 Å². The molecule has 2 N–H and O–H groups in total. The molecule has 0 saturated carbocycles. The SMILES string of the molecule is CC(NC(=O)O)C(=O)CBr. The first-order valence-electron chi connectivity index (χ1n) is 2.66. The number of hydrogen-bond donors (Lipinski definition) is 2. The van der Waals surface area contributed by atoms with Crippen LogP contribution in [0.1, 0.15) is 6.92 Å². The van der Waals surface area contributed by atoms with Crippen LogP contribution >= 0.6 is 15.9 Å². The van der Waals surface area contributed by atoms with Gasteiger partial charge in [0.2, 0.25) is 0 Å². The molecular formula is C5H8BrNO3. The summed E-state index contributed by atoms with van der Waals surface area (Å²) in [5, 5.41) is 10.4. The second-order valence-electron chi connectivity index (χ2n) is 1.77. The highest BCUT2D eigenvalue weighted by molar-refractivity contribution is 9.09. The summed E-state index contributed by atoms with van der Waals surface area (Å²) in [4.78, 5) is 20.6. The van der Waals surface area contributed by atoms with Crippen molar-refractivity contribution in [1.29, 1.82) is 0 Å². The minimum atomic E-state index is -1.18. The molecule has 0 aliphatic heterocycles. The van der Waals surface area contributed by atoms with E-state index in [0.29, 0.717) is 0 Å². The van der Waals surface area contributed by atoms with Gasteiger partial charge >= 0.3 is 6.09 Å². The van der Waals surface area contributed by atoms with Crippen molar-refractivity contribution < 1.29 is 14.7 Å². The molecule has 0 radical (unpaired) electrons. The van der Waals surface area contributed by atoms with Gasteiger partial charge in [-0.1, -0.05) is 15.9 Å². The van der Waals surface area contributed by atoms with Gasteiger partial charge in [-0.25, -0.2) is 4.79 Å². The summed E-state index contributed by atoms with van der Waals surface area (Å²) in [6.45, 7) is 1.50. The number of hydrogen-bond acceptors (Lipinski definition) is 2. The molecule has 0 saturated heterocycles. The fourth-order valence-electron chi connectivity index (χ4n) is 0.381. The van der Waals surface area contributed by atoms with Gasteiger partial charge in [-0.05, 0) is 6.92 Å². The zero-order valence-electron chi connectivity index (χ0n) is 5.43. The molecule has 0 aromatic rings. The van der Waals surface area contributed by atoms with Crippen molar-refractivity contribution in [2.24, 2.45) is 0 Å². The molecule has 0 aromatic carbocycles. The van der Waals surface area contributed by atoms with Gasteiger partial charge in [0.1, 0.15) is 0 Å². The van der Waals surface area contributed by atoms with Gasteiger partial charge in [-0.2, -0.15) is 0 Å². The Hall–Kier alpha value is -0.580. The molecular weight excluding hydrogens is 202 g/mol. The average molecular weight is 210 g/mol. The van der Waals surface area contributed by atoms with E-state index in [1.54, 1.807) is 0 Å². The molecule has 0 heterocycles. The molecule has 1 atom stereocenters. The Bertz CT molecular complexity index is 148.